The predicted octanol–water partition coefficient (Wildman–Crippen LogP) is 21.2. The Kier molecular flexibility index (Phi) is 58.2. The van der Waals surface area contributed by atoms with Crippen molar-refractivity contribution < 1.29 is 28.6 Å². The number of rotatable bonds is 57. The minimum atomic E-state index is -0.782. The Hall–Kier alpha value is -2.89. The highest BCUT2D eigenvalue weighted by Gasteiger charge is 2.19. The molecule has 0 aromatic heterocycles. The van der Waals surface area contributed by atoms with Gasteiger partial charge in [0.05, 0.1) is 0 Å². The highest BCUT2D eigenvalue weighted by atomic mass is 16.6. The third-order valence-electron chi connectivity index (χ3n) is 13.7. The van der Waals surface area contributed by atoms with Crippen molar-refractivity contribution in [3.8, 4) is 0 Å². The van der Waals surface area contributed by atoms with Crippen molar-refractivity contribution in [2.45, 2.75) is 329 Å². The van der Waals surface area contributed by atoms with Gasteiger partial charge in [-0.1, -0.05) is 255 Å². The first-order valence-electron chi connectivity index (χ1n) is 31.3. The lowest BCUT2D eigenvalue weighted by molar-refractivity contribution is -0.167. The molecule has 0 aliphatic rings. The summed E-state index contributed by atoms with van der Waals surface area (Å²) in [6.45, 7) is 6.61. The summed E-state index contributed by atoms with van der Waals surface area (Å²) in [6.07, 6.45) is 76.5. The quantitative estimate of drug-likeness (QED) is 0.0261. The first-order chi connectivity index (χ1) is 35.5. The zero-order chi connectivity index (χ0) is 52.2. The lowest BCUT2D eigenvalue weighted by atomic mass is 10.0. The molecular formula is C66H118O6. The molecule has 72 heavy (non-hydrogen) atoms. The number of hydrogen-bond acceptors (Lipinski definition) is 6. The number of allylic oxidation sites excluding steroid dienone is 10. The van der Waals surface area contributed by atoms with E-state index in [4.69, 9.17) is 14.2 Å². The van der Waals surface area contributed by atoms with Crippen LogP contribution >= 0.6 is 0 Å². The van der Waals surface area contributed by atoms with Crippen molar-refractivity contribution in [3.63, 3.8) is 0 Å². The monoisotopic (exact) mass is 1010 g/mol. The van der Waals surface area contributed by atoms with Gasteiger partial charge in [-0.25, -0.2) is 0 Å². The van der Waals surface area contributed by atoms with Gasteiger partial charge >= 0.3 is 17.9 Å². The first-order valence-corrected chi connectivity index (χ1v) is 31.3. The summed E-state index contributed by atoms with van der Waals surface area (Å²) >= 11 is 0. The summed E-state index contributed by atoms with van der Waals surface area (Å²) in [4.78, 5) is 38.2. The second kappa shape index (κ2) is 60.7. The van der Waals surface area contributed by atoms with Gasteiger partial charge in [-0.15, -0.1) is 0 Å². The molecule has 0 aliphatic carbocycles. The lowest BCUT2D eigenvalue weighted by Gasteiger charge is -2.18. The van der Waals surface area contributed by atoms with Crippen LogP contribution in [0.15, 0.2) is 60.8 Å². The SMILES string of the molecule is CCCCC/C=C\CCCCCCCC(=O)OCC(COC(=O)CCCCCCCCCCCCCC/C=C\C/C=C\C/C=C\CCCCCCC)OC(=O)CCCCCCC/C=C\CCCCCCCC. The Labute approximate surface area is 447 Å². The Balaban J connectivity index is 4.24. The maximum atomic E-state index is 12.9. The molecule has 0 saturated heterocycles. The van der Waals surface area contributed by atoms with Crippen molar-refractivity contribution >= 4 is 17.9 Å². The molecule has 0 bridgehead atoms. The maximum absolute atomic E-state index is 12.9. The highest BCUT2D eigenvalue weighted by molar-refractivity contribution is 5.71. The largest absolute Gasteiger partial charge is 0.462 e. The molecule has 6 nitrogen and oxygen atoms in total. The minimum absolute atomic E-state index is 0.0794. The van der Waals surface area contributed by atoms with Crippen LogP contribution in [0.4, 0.5) is 0 Å². The molecule has 0 heterocycles. The number of unbranched alkanes of at least 4 members (excludes halogenated alkanes) is 36. The average Bonchev–Trinajstić information content (AvgIpc) is 3.38. The van der Waals surface area contributed by atoms with Crippen molar-refractivity contribution in [2.75, 3.05) is 13.2 Å². The third-order valence-corrected chi connectivity index (χ3v) is 13.7. The second-order valence-corrected chi connectivity index (χ2v) is 21.0. The number of hydrogen-bond donors (Lipinski definition) is 0. The van der Waals surface area contributed by atoms with E-state index < -0.39 is 6.10 Å². The van der Waals surface area contributed by atoms with Gasteiger partial charge in [-0.05, 0) is 109 Å². The van der Waals surface area contributed by atoms with Crippen molar-refractivity contribution in [2.24, 2.45) is 0 Å². The molecule has 0 aliphatic heterocycles. The van der Waals surface area contributed by atoms with E-state index in [1.807, 2.05) is 0 Å². The molecule has 0 saturated carbocycles. The van der Waals surface area contributed by atoms with E-state index in [0.717, 1.165) is 89.9 Å². The standard InChI is InChI=1S/C66H118O6/c1-4-7-10-13-16-19-22-25-27-28-29-30-31-32-33-34-35-36-37-38-40-41-44-47-50-53-56-59-65(68)71-62-63(61-70-64(67)58-55-52-49-46-43-24-21-18-15-12-9-6-3)72-66(69)60-57-54-51-48-45-42-39-26-23-20-17-14-11-8-5-2/h18,21-22,25-26,28-29,31-32,39,63H,4-17,19-20,23-24,27,30,33-38,40-62H2,1-3H3/b21-18-,25-22-,29-28-,32-31-,39-26-. The summed E-state index contributed by atoms with van der Waals surface area (Å²) in [5, 5.41) is 0. The topological polar surface area (TPSA) is 78.9 Å². The second-order valence-electron chi connectivity index (χ2n) is 21.0. The smallest absolute Gasteiger partial charge is 0.306 e. The van der Waals surface area contributed by atoms with Crippen LogP contribution in [0, 0.1) is 0 Å². The van der Waals surface area contributed by atoms with Crippen LogP contribution in [0.5, 0.6) is 0 Å². The van der Waals surface area contributed by atoms with Gasteiger partial charge in [0.1, 0.15) is 13.2 Å². The Morgan fingerprint density at radius 3 is 0.819 bits per heavy atom. The number of carbonyl (C=O) groups is 3. The molecule has 0 aromatic carbocycles. The van der Waals surface area contributed by atoms with Gasteiger partial charge < -0.3 is 14.2 Å². The van der Waals surface area contributed by atoms with Gasteiger partial charge in [-0.3, -0.25) is 14.4 Å². The van der Waals surface area contributed by atoms with Gasteiger partial charge in [-0.2, -0.15) is 0 Å². The van der Waals surface area contributed by atoms with Crippen LogP contribution in [-0.2, 0) is 28.6 Å². The Bertz CT molecular complexity index is 1290. The van der Waals surface area contributed by atoms with E-state index in [1.54, 1.807) is 0 Å². The molecule has 6 heteroatoms. The van der Waals surface area contributed by atoms with Crippen LogP contribution in [0.25, 0.3) is 0 Å². The van der Waals surface area contributed by atoms with Gasteiger partial charge in [0.2, 0.25) is 0 Å². The fraction of sp³-hybridized carbons (Fsp3) is 0.803. The van der Waals surface area contributed by atoms with Crippen LogP contribution in [0.1, 0.15) is 323 Å². The third kappa shape index (κ3) is 58.0. The summed E-state index contributed by atoms with van der Waals surface area (Å²) in [5.41, 5.74) is 0. The van der Waals surface area contributed by atoms with E-state index in [2.05, 4.69) is 81.5 Å². The van der Waals surface area contributed by atoms with E-state index in [-0.39, 0.29) is 31.1 Å². The fourth-order valence-electron chi connectivity index (χ4n) is 8.97. The zero-order valence-corrected chi connectivity index (χ0v) is 47.9. The molecule has 0 N–H and O–H groups in total. The molecule has 0 spiro atoms. The maximum Gasteiger partial charge on any atom is 0.306 e. The number of esters is 3. The lowest BCUT2D eigenvalue weighted by Crippen LogP contribution is -2.30. The molecule has 1 unspecified atom stereocenters. The van der Waals surface area contributed by atoms with Gasteiger partial charge in [0, 0.05) is 19.3 Å². The van der Waals surface area contributed by atoms with Crippen molar-refractivity contribution in [3.05, 3.63) is 60.8 Å². The van der Waals surface area contributed by atoms with E-state index in [9.17, 15) is 14.4 Å². The Morgan fingerprint density at radius 2 is 0.500 bits per heavy atom. The van der Waals surface area contributed by atoms with E-state index in [1.165, 1.54) is 193 Å². The Morgan fingerprint density at radius 1 is 0.278 bits per heavy atom. The molecule has 0 rings (SSSR count). The fourth-order valence-corrected chi connectivity index (χ4v) is 8.97. The molecule has 0 radical (unpaired) electrons. The van der Waals surface area contributed by atoms with Crippen LogP contribution in [0.2, 0.25) is 0 Å². The minimum Gasteiger partial charge on any atom is -0.462 e. The molecule has 0 aromatic rings. The van der Waals surface area contributed by atoms with E-state index >= 15 is 0 Å². The normalized spacial score (nSPS) is 12.4. The molecule has 0 fully saturated rings. The van der Waals surface area contributed by atoms with Crippen LogP contribution in [0.3, 0.4) is 0 Å². The molecule has 1 atom stereocenters. The zero-order valence-electron chi connectivity index (χ0n) is 47.9. The van der Waals surface area contributed by atoms with Crippen molar-refractivity contribution in [1.82, 2.24) is 0 Å². The van der Waals surface area contributed by atoms with E-state index in [0.29, 0.717) is 19.3 Å². The number of carbonyl (C=O) groups excluding carboxylic acids is 3. The molecule has 418 valence electrons. The van der Waals surface area contributed by atoms with Gasteiger partial charge in [0.15, 0.2) is 6.10 Å². The number of ether oxygens (including phenoxy) is 3. The first kappa shape index (κ1) is 69.1. The predicted molar refractivity (Wildman–Crippen MR) is 312 cm³/mol. The summed E-state index contributed by atoms with van der Waals surface area (Å²) < 4.78 is 16.9. The van der Waals surface area contributed by atoms with Crippen molar-refractivity contribution in [1.29, 1.82) is 0 Å². The average molecular weight is 1010 g/mol. The van der Waals surface area contributed by atoms with Gasteiger partial charge in [0.25, 0.3) is 0 Å². The van der Waals surface area contributed by atoms with Crippen LogP contribution < -0.4 is 0 Å². The van der Waals surface area contributed by atoms with Crippen LogP contribution in [-0.4, -0.2) is 37.2 Å². The molecule has 0 amide bonds. The molecular weight excluding hydrogens is 889 g/mol. The highest BCUT2D eigenvalue weighted by Crippen LogP contribution is 2.16. The summed E-state index contributed by atoms with van der Waals surface area (Å²) in [6, 6.07) is 0. The summed E-state index contributed by atoms with van der Waals surface area (Å²) in [7, 11) is 0. The summed E-state index contributed by atoms with van der Waals surface area (Å²) in [5.74, 6) is -0.886.